The van der Waals surface area contributed by atoms with E-state index in [-0.39, 0.29) is 11.7 Å². The quantitative estimate of drug-likeness (QED) is 0.789. The summed E-state index contributed by atoms with van der Waals surface area (Å²) in [6.07, 6.45) is 3.29. The zero-order valence-corrected chi connectivity index (χ0v) is 12.5. The summed E-state index contributed by atoms with van der Waals surface area (Å²) < 4.78 is 13.5. The maximum Gasteiger partial charge on any atom is 0.259 e. The van der Waals surface area contributed by atoms with Crippen LogP contribution in [-0.2, 0) is 11.4 Å². The van der Waals surface area contributed by atoms with Gasteiger partial charge < -0.3 is 0 Å². The first-order valence-electron chi connectivity index (χ1n) is 6.59. The first-order chi connectivity index (χ1) is 9.95. The molecule has 0 saturated carbocycles. The molecule has 1 aliphatic heterocycles. The Morgan fingerprint density at radius 2 is 2.05 bits per heavy atom. The van der Waals surface area contributed by atoms with Crippen molar-refractivity contribution in [2.75, 3.05) is 4.90 Å². The molecule has 1 aromatic heterocycles. The van der Waals surface area contributed by atoms with Crippen molar-refractivity contribution in [2.24, 2.45) is 0 Å². The SMILES string of the molecule is CC1(C)c2cc(F)ccc2C(=O)N1c1cncc(CCl)c1. The highest BCUT2D eigenvalue weighted by Crippen LogP contribution is 2.42. The van der Waals surface area contributed by atoms with Gasteiger partial charge in [0.1, 0.15) is 5.82 Å². The summed E-state index contributed by atoms with van der Waals surface area (Å²) in [4.78, 5) is 18.4. The molecule has 0 atom stereocenters. The van der Waals surface area contributed by atoms with Crippen LogP contribution >= 0.6 is 11.6 Å². The fourth-order valence-corrected chi connectivity index (χ4v) is 2.96. The number of pyridine rings is 1. The van der Waals surface area contributed by atoms with Crippen molar-refractivity contribution >= 4 is 23.2 Å². The average Bonchev–Trinajstić information content (AvgIpc) is 2.66. The molecule has 21 heavy (non-hydrogen) atoms. The van der Waals surface area contributed by atoms with Crippen LogP contribution in [0.5, 0.6) is 0 Å². The molecule has 3 nitrogen and oxygen atoms in total. The van der Waals surface area contributed by atoms with Crippen LogP contribution in [0.2, 0.25) is 0 Å². The number of benzene rings is 1. The Kier molecular flexibility index (Phi) is 3.21. The molecule has 0 N–H and O–H groups in total. The molecule has 0 spiro atoms. The molecular formula is C16H14ClFN2O. The summed E-state index contributed by atoms with van der Waals surface area (Å²) in [6, 6.07) is 6.10. The number of hydrogen-bond acceptors (Lipinski definition) is 2. The second-order valence-electron chi connectivity index (χ2n) is 5.57. The molecule has 1 aliphatic rings. The van der Waals surface area contributed by atoms with Gasteiger partial charge in [-0.2, -0.15) is 0 Å². The van der Waals surface area contributed by atoms with Gasteiger partial charge in [-0.3, -0.25) is 14.7 Å². The van der Waals surface area contributed by atoms with Gasteiger partial charge in [0.2, 0.25) is 0 Å². The van der Waals surface area contributed by atoms with Crippen LogP contribution in [0.25, 0.3) is 0 Å². The Labute approximate surface area is 127 Å². The van der Waals surface area contributed by atoms with Gasteiger partial charge in [0.15, 0.2) is 0 Å². The Bertz CT molecular complexity index is 730. The van der Waals surface area contributed by atoms with Crippen LogP contribution in [0.15, 0.2) is 36.7 Å². The van der Waals surface area contributed by atoms with Crippen molar-refractivity contribution in [3.63, 3.8) is 0 Å². The van der Waals surface area contributed by atoms with Gasteiger partial charge in [-0.25, -0.2) is 4.39 Å². The van der Waals surface area contributed by atoms with E-state index >= 15 is 0 Å². The van der Waals surface area contributed by atoms with E-state index in [1.165, 1.54) is 18.2 Å². The van der Waals surface area contributed by atoms with Gasteiger partial charge in [-0.05, 0) is 49.2 Å². The summed E-state index contributed by atoms with van der Waals surface area (Å²) in [5, 5.41) is 0. The lowest BCUT2D eigenvalue weighted by Crippen LogP contribution is -2.39. The highest BCUT2D eigenvalue weighted by Gasteiger charge is 2.44. The van der Waals surface area contributed by atoms with Crippen LogP contribution in [0.4, 0.5) is 10.1 Å². The van der Waals surface area contributed by atoms with Gasteiger partial charge in [-0.1, -0.05) is 0 Å². The third kappa shape index (κ3) is 2.10. The maximum absolute atomic E-state index is 13.5. The van der Waals surface area contributed by atoms with Gasteiger partial charge in [0.05, 0.1) is 17.4 Å². The van der Waals surface area contributed by atoms with E-state index in [4.69, 9.17) is 11.6 Å². The van der Waals surface area contributed by atoms with E-state index < -0.39 is 5.54 Å². The normalized spacial score (nSPS) is 16.2. The second kappa shape index (κ2) is 4.81. The van der Waals surface area contributed by atoms with E-state index in [0.29, 0.717) is 22.7 Å². The van der Waals surface area contributed by atoms with Crippen LogP contribution in [0, 0.1) is 5.82 Å². The summed E-state index contributed by atoms with van der Waals surface area (Å²) in [6.45, 7) is 3.78. The van der Waals surface area contributed by atoms with Gasteiger partial charge in [0.25, 0.3) is 5.91 Å². The lowest BCUT2D eigenvalue weighted by Gasteiger charge is -2.32. The molecule has 2 heterocycles. The molecule has 1 aromatic carbocycles. The van der Waals surface area contributed by atoms with Crippen molar-refractivity contribution in [1.82, 2.24) is 4.98 Å². The van der Waals surface area contributed by atoms with E-state index in [1.54, 1.807) is 17.3 Å². The number of fused-ring (bicyclic) bond motifs is 1. The summed E-state index contributed by atoms with van der Waals surface area (Å²) in [5.41, 5.74) is 2.07. The Hall–Kier alpha value is -1.94. The Morgan fingerprint density at radius 3 is 2.76 bits per heavy atom. The molecule has 0 unspecified atom stereocenters. The average molecular weight is 305 g/mol. The Morgan fingerprint density at radius 1 is 1.29 bits per heavy atom. The largest absolute Gasteiger partial charge is 0.297 e. The first kappa shape index (κ1) is 14.0. The van der Waals surface area contributed by atoms with Crippen LogP contribution < -0.4 is 4.90 Å². The monoisotopic (exact) mass is 304 g/mol. The molecule has 2 aromatic rings. The number of nitrogens with zero attached hydrogens (tertiary/aromatic N) is 2. The minimum Gasteiger partial charge on any atom is -0.297 e. The van der Waals surface area contributed by atoms with Crippen molar-refractivity contribution in [3.05, 3.63) is 59.2 Å². The first-order valence-corrected chi connectivity index (χ1v) is 7.13. The number of halogens is 2. The standard InChI is InChI=1S/C16H14ClFN2O/c1-16(2)14-6-11(18)3-4-13(14)15(21)20(16)12-5-10(7-17)8-19-9-12/h3-6,8-9H,7H2,1-2H3. The fourth-order valence-electron chi connectivity index (χ4n) is 2.81. The molecule has 3 rings (SSSR count). The van der Waals surface area contributed by atoms with Crippen LogP contribution in [-0.4, -0.2) is 10.9 Å². The number of amides is 1. The molecule has 0 saturated heterocycles. The van der Waals surface area contributed by atoms with Crippen molar-refractivity contribution < 1.29 is 9.18 Å². The van der Waals surface area contributed by atoms with Crippen molar-refractivity contribution in [3.8, 4) is 0 Å². The second-order valence-corrected chi connectivity index (χ2v) is 5.84. The highest BCUT2D eigenvalue weighted by atomic mass is 35.5. The molecule has 0 radical (unpaired) electrons. The van der Waals surface area contributed by atoms with E-state index in [0.717, 1.165) is 5.56 Å². The van der Waals surface area contributed by atoms with E-state index in [1.807, 2.05) is 19.9 Å². The number of rotatable bonds is 2. The zero-order chi connectivity index (χ0) is 15.2. The summed E-state index contributed by atoms with van der Waals surface area (Å²) in [7, 11) is 0. The summed E-state index contributed by atoms with van der Waals surface area (Å²) in [5.74, 6) is -0.169. The summed E-state index contributed by atoms with van der Waals surface area (Å²) >= 11 is 5.83. The van der Waals surface area contributed by atoms with Gasteiger partial charge in [0, 0.05) is 17.6 Å². The minimum absolute atomic E-state index is 0.150. The van der Waals surface area contributed by atoms with Crippen molar-refractivity contribution in [1.29, 1.82) is 0 Å². The Balaban J connectivity index is 2.15. The smallest absolute Gasteiger partial charge is 0.259 e. The number of hydrogen-bond donors (Lipinski definition) is 0. The number of carbonyl (C=O) groups is 1. The molecule has 1 amide bonds. The van der Waals surface area contributed by atoms with E-state index in [2.05, 4.69) is 4.98 Å². The minimum atomic E-state index is -0.638. The van der Waals surface area contributed by atoms with Crippen LogP contribution in [0.1, 0.15) is 35.3 Å². The highest BCUT2D eigenvalue weighted by molar-refractivity contribution is 6.17. The number of alkyl halides is 1. The zero-order valence-electron chi connectivity index (χ0n) is 11.7. The number of aromatic nitrogens is 1. The molecule has 0 bridgehead atoms. The molecular weight excluding hydrogens is 291 g/mol. The molecule has 108 valence electrons. The topological polar surface area (TPSA) is 33.2 Å². The molecule has 0 fully saturated rings. The maximum atomic E-state index is 13.5. The van der Waals surface area contributed by atoms with Gasteiger partial charge in [-0.15, -0.1) is 11.6 Å². The predicted octanol–water partition coefficient (Wildman–Crippen LogP) is 3.86. The van der Waals surface area contributed by atoms with Gasteiger partial charge >= 0.3 is 0 Å². The third-order valence-electron chi connectivity index (χ3n) is 3.83. The molecule has 0 aliphatic carbocycles. The fraction of sp³-hybridized carbons (Fsp3) is 0.250. The van der Waals surface area contributed by atoms with Crippen LogP contribution in [0.3, 0.4) is 0 Å². The van der Waals surface area contributed by atoms with Crippen molar-refractivity contribution in [2.45, 2.75) is 25.3 Å². The number of anilines is 1. The lowest BCUT2D eigenvalue weighted by atomic mass is 9.93. The predicted molar refractivity (Wildman–Crippen MR) is 80.0 cm³/mol. The lowest BCUT2D eigenvalue weighted by molar-refractivity contribution is 0.0982. The third-order valence-corrected chi connectivity index (χ3v) is 4.13. The number of carbonyl (C=O) groups excluding carboxylic acids is 1. The van der Waals surface area contributed by atoms with E-state index in [9.17, 15) is 9.18 Å². The molecule has 5 heteroatoms.